The van der Waals surface area contributed by atoms with Crippen molar-refractivity contribution in [2.45, 2.75) is 33.1 Å². The van der Waals surface area contributed by atoms with E-state index < -0.39 is 0 Å². The standard InChI is InChI=1S/C15H21NO2/c1-3-11(4-2)10-16-15(17)13-5-6-14-12(9-13)7-8-18-14/h5-6,9,11H,3-4,7-8,10H2,1-2H3,(H,16,17). The lowest BCUT2D eigenvalue weighted by molar-refractivity contribution is 0.0946. The molecule has 0 fully saturated rings. The molecule has 3 heteroatoms. The number of hydrogen-bond donors (Lipinski definition) is 1. The average molecular weight is 247 g/mol. The fourth-order valence-electron chi connectivity index (χ4n) is 2.24. The highest BCUT2D eigenvalue weighted by atomic mass is 16.5. The molecule has 0 aliphatic carbocycles. The number of nitrogens with one attached hydrogen (secondary N) is 1. The minimum atomic E-state index is 0.0246. The first-order chi connectivity index (χ1) is 8.74. The Morgan fingerprint density at radius 1 is 1.39 bits per heavy atom. The molecule has 0 atom stereocenters. The van der Waals surface area contributed by atoms with Gasteiger partial charge in [-0.05, 0) is 29.7 Å². The van der Waals surface area contributed by atoms with Crippen LogP contribution in [0, 0.1) is 5.92 Å². The number of hydrogen-bond acceptors (Lipinski definition) is 2. The fraction of sp³-hybridized carbons (Fsp3) is 0.533. The van der Waals surface area contributed by atoms with Gasteiger partial charge in [0.05, 0.1) is 6.61 Å². The largest absolute Gasteiger partial charge is 0.493 e. The van der Waals surface area contributed by atoms with Crippen LogP contribution in [-0.2, 0) is 6.42 Å². The molecular weight excluding hydrogens is 226 g/mol. The normalized spacial score (nSPS) is 13.3. The summed E-state index contributed by atoms with van der Waals surface area (Å²) in [5.74, 6) is 1.52. The highest BCUT2D eigenvalue weighted by Gasteiger charge is 2.15. The lowest BCUT2D eigenvalue weighted by Gasteiger charge is -2.13. The number of benzene rings is 1. The second-order valence-corrected chi connectivity index (χ2v) is 4.81. The van der Waals surface area contributed by atoms with Gasteiger partial charge in [-0.3, -0.25) is 4.79 Å². The van der Waals surface area contributed by atoms with Crippen LogP contribution in [0.3, 0.4) is 0 Å². The van der Waals surface area contributed by atoms with Crippen LogP contribution < -0.4 is 10.1 Å². The lowest BCUT2D eigenvalue weighted by Crippen LogP contribution is -2.28. The van der Waals surface area contributed by atoms with Gasteiger partial charge < -0.3 is 10.1 Å². The van der Waals surface area contributed by atoms with Gasteiger partial charge in [0.2, 0.25) is 0 Å². The summed E-state index contributed by atoms with van der Waals surface area (Å²) >= 11 is 0. The molecule has 0 saturated carbocycles. The molecule has 1 aromatic rings. The van der Waals surface area contributed by atoms with Crippen LogP contribution in [0.25, 0.3) is 0 Å². The van der Waals surface area contributed by atoms with E-state index in [4.69, 9.17) is 4.74 Å². The minimum absolute atomic E-state index is 0.0246. The first-order valence-electron chi connectivity index (χ1n) is 6.78. The Balaban J connectivity index is 1.97. The van der Waals surface area contributed by atoms with Crippen LogP contribution in [-0.4, -0.2) is 19.1 Å². The third-order valence-electron chi connectivity index (χ3n) is 3.66. The van der Waals surface area contributed by atoms with E-state index in [1.54, 1.807) is 0 Å². The number of carbonyl (C=O) groups excluding carboxylic acids is 1. The second kappa shape index (κ2) is 5.89. The van der Waals surface area contributed by atoms with Gasteiger partial charge in [-0.25, -0.2) is 0 Å². The summed E-state index contributed by atoms with van der Waals surface area (Å²) in [5, 5.41) is 3.01. The van der Waals surface area contributed by atoms with Crippen molar-refractivity contribution in [1.82, 2.24) is 5.32 Å². The van der Waals surface area contributed by atoms with Crippen LogP contribution >= 0.6 is 0 Å². The maximum absolute atomic E-state index is 12.0. The Morgan fingerprint density at radius 3 is 2.89 bits per heavy atom. The number of carbonyl (C=O) groups is 1. The number of amides is 1. The molecule has 1 N–H and O–H groups in total. The van der Waals surface area contributed by atoms with Crippen LogP contribution in [0.5, 0.6) is 5.75 Å². The monoisotopic (exact) mass is 247 g/mol. The molecule has 0 radical (unpaired) electrons. The summed E-state index contributed by atoms with van der Waals surface area (Å²) in [7, 11) is 0. The van der Waals surface area contributed by atoms with E-state index in [-0.39, 0.29) is 5.91 Å². The van der Waals surface area contributed by atoms with Crippen molar-refractivity contribution >= 4 is 5.91 Å². The van der Waals surface area contributed by atoms with Gasteiger partial charge >= 0.3 is 0 Å². The predicted molar refractivity (Wildman–Crippen MR) is 72.0 cm³/mol. The summed E-state index contributed by atoms with van der Waals surface area (Å²) < 4.78 is 5.43. The summed E-state index contributed by atoms with van der Waals surface area (Å²) in [6, 6.07) is 5.69. The number of rotatable bonds is 5. The van der Waals surface area contributed by atoms with Crippen molar-refractivity contribution in [3.63, 3.8) is 0 Å². The zero-order valence-electron chi connectivity index (χ0n) is 11.2. The number of fused-ring (bicyclic) bond motifs is 1. The highest BCUT2D eigenvalue weighted by Crippen LogP contribution is 2.25. The van der Waals surface area contributed by atoms with Gasteiger partial charge in [0.15, 0.2) is 0 Å². The second-order valence-electron chi connectivity index (χ2n) is 4.81. The van der Waals surface area contributed by atoms with Crippen molar-refractivity contribution in [1.29, 1.82) is 0 Å². The molecule has 1 heterocycles. The molecule has 0 spiro atoms. The third-order valence-corrected chi connectivity index (χ3v) is 3.66. The van der Waals surface area contributed by atoms with Gasteiger partial charge in [-0.15, -0.1) is 0 Å². The van der Waals surface area contributed by atoms with Crippen molar-refractivity contribution in [2.24, 2.45) is 5.92 Å². The SMILES string of the molecule is CCC(CC)CNC(=O)c1ccc2c(c1)CCO2. The van der Waals surface area contributed by atoms with Gasteiger partial charge in [-0.2, -0.15) is 0 Å². The van der Waals surface area contributed by atoms with Crippen molar-refractivity contribution in [3.05, 3.63) is 29.3 Å². The van der Waals surface area contributed by atoms with Crippen LogP contribution in [0.1, 0.15) is 42.6 Å². The first kappa shape index (κ1) is 12.9. The molecule has 18 heavy (non-hydrogen) atoms. The third kappa shape index (κ3) is 2.84. The van der Waals surface area contributed by atoms with Crippen molar-refractivity contribution < 1.29 is 9.53 Å². The van der Waals surface area contributed by atoms with Crippen LogP contribution in [0.2, 0.25) is 0 Å². The van der Waals surface area contributed by atoms with Crippen LogP contribution in [0.4, 0.5) is 0 Å². The lowest BCUT2D eigenvalue weighted by atomic mass is 10.0. The molecule has 98 valence electrons. The van der Waals surface area contributed by atoms with Gasteiger partial charge in [0.1, 0.15) is 5.75 Å². The molecule has 1 amide bonds. The maximum Gasteiger partial charge on any atom is 0.251 e. The van der Waals surface area contributed by atoms with Crippen molar-refractivity contribution in [2.75, 3.05) is 13.2 Å². The molecule has 0 saturated heterocycles. The van der Waals surface area contributed by atoms with E-state index in [9.17, 15) is 4.79 Å². The fourth-order valence-corrected chi connectivity index (χ4v) is 2.24. The molecule has 0 aromatic heterocycles. The Labute approximate surface area is 109 Å². The Kier molecular flexibility index (Phi) is 4.24. The minimum Gasteiger partial charge on any atom is -0.493 e. The van der Waals surface area contributed by atoms with E-state index in [2.05, 4.69) is 19.2 Å². The van der Waals surface area contributed by atoms with E-state index in [0.29, 0.717) is 5.92 Å². The highest BCUT2D eigenvalue weighted by molar-refractivity contribution is 5.94. The molecule has 1 aliphatic rings. The quantitative estimate of drug-likeness (QED) is 0.869. The van der Waals surface area contributed by atoms with E-state index in [0.717, 1.165) is 49.3 Å². The van der Waals surface area contributed by atoms with Crippen LogP contribution in [0.15, 0.2) is 18.2 Å². The summed E-state index contributed by atoms with van der Waals surface area (Å²) in [6.45, 7) is 5.81. The summed E-state index contributed by atoms with van der Waals surface area (Å²) in [4.78, 5) is 12.0. The summed E-state index contributed by atoms with van der Waals surface area (Å²) in [5.41, 5.74) is 1.88. The van der Waals surface area contributed by atoms with E-state index in [1.165, 1.54) is 0 Å². The maximum atomic E-state index is 12.0. The van der Waals surface area contributed by atoms with Crippen molar-refractivity contribution in [3.8, 4) is 5.75 Å². The molecule has 2 rings (SSSR count). The zero-order chi connectivity index (χ0) is 13.0. The Hall–Kier alpha value is -1.51. The number of ether oxygens (including phenoxy) is 1. The topological polar surface area (TPSA) is 38.3 Å². The molecule has 3 nitrogen and oxygen atoms in total. The average Bonchev–Trinajstić information content (AvgIpc) is 2.86. The molecule has 0 bridgehead atoms. The predicted octanol–water partition coefficient (Wildman–Crippen LogP) is 2.79. The van der Waals surface area contributed by atoms with Gasteiger partial charge in [-0.1, -0.05) is 26.7 Å². The Morgan fingerprint density at radius 2 is 2.17 bits per heavy atom. The van der Waals surface area contributed by atoms with Gasteiger partial charge in [0, 0.05) is 18.5 Å². The molecule has 1 aliphatic heterocycles. The smallest absolute Gasteiger partial charge is 0.251 e. The van der Waals surface area contributed by atoms with Gasteiger partial charge in [0.25, 0.3) is 5.91 Å². The molecule has 1 aromatic carbocycles. The molecule has 0 unspecified atom stereocenters. The molecular formula is C15H21NO2. The first-order valence-corrected chi connectivity index (χ1v) is 6.78. The Bertz CT molecular complexity index is 425. The van der Waals surface area contributed by atoms with E-state index in [1.807, 2.05) is 18.2 Å². The zero-order valence-corrected chi connectivity index (χ0v) is 11.2. The summed E-state index contributed by atoms with van der Waals surface area (Å²) in [6.07, 6.45) is 3.12. The van der Waals surface area contributed by atoms with E-state index >= 15 is 0 Å².